The van der Waals surface area contributed by atoms with E-state index in [0.29, 0.717) is 0 Å². The molecule has 0 unspecified atom stereocenters. The van der Waals surface area contributed by atoms with Gasteiger partial charge in [0.1, 0.15) is 11.4 Å². The minimum atomic E-state index is -4.78. The fourth-order valence-corrected chi connectivity index (χ4v) is 3.17. The van der Waals surface area contributed by atoms with Crippen LogP contribution in [0.4, 0.5) is 19.0 Å². The highest BCUT2D eigenvalue weighted by molar-refractivity contribution is 6.56. The van der Waals surface area contributed by atoms with Crippen molar-refractivity contribution in [2.75, 3.05) is 5.73 Å². The fraction of sp³-hybridized carbons (Fsp3) is 0.0833. The number of pyridine rings is 1. The lowest BCUT2D eigenvalue weighted by molar-refractivity contribution is -0.136. The average molecular weight is 410 g/mol. The molecule has 0 bridgehead atoms. The quantitative estimate of drug-likeness (QED) is 0.424. The van der Waals surface area contributed by atoms with E-state index >= 15 is 0 Å². The van der Waals surface area contributed by atoms with Crippen LogP contribution in [0.3, 0.4) is 0 Å². The van der Waals surface area contributed by atoms with Crippen LogP contribution in [0.2, 0.25) is 25.1 Å². The lowest BCUT2D eigenvalue weighted by Crippen LogP contribution is -2.12. The number of aromatic nitrogens is 1. The van der Waals surface area contributed by atoms with E-state index in [1.165, 1.54) is 0 Å². The number of alkyl halides is 3. The molecule has 1 aromatic carbocycles. The van der Waals surface area contributed by atoms with Crippen LogP contribution >= 0.6 is 58.0 Å². The zero-order chi connectivity index (χ0) is 16.8. The van der Waals surface area contributed by atoms with Gasteiger partial charge in [-0.05, 0) is 6.07 Å². The van der Waals surface area contributed by atoms with Crippen molar-refractivity contribution in [3.05, 3.63) is 42.9 Å². The molecule has 10 heteroatoms. The number of halogens is 8. The molecule has 0 radical (unpaired) electrons. The van der Waals surface area contributed by atoms with E-state index < -0.39 is 23.1 Å². The van der Waals surface area contributed by atoms with Gasteiger partial charge in [-0.2, -0.15) is 13.2 Å². The number of nitrogens with two attached hydrogens (primary N) is 1. The molecule has 118 valence electrons. The molecule has 0 amide bonds. The highest BCUT2D eigenvalue weighted by Crippen LogP contribution is 2.51. The van der Waals surface area contributed by atoms with Crippen LogP contribution in [0.1, 0.15) is 5.56 Å². The first kappa shape index (κ1) is 17.8. The topological polar surface area (TPSA) is 38.9 Å². The third-order valence-corrected chi connectivity index (χ3v) is 5.02. The molecular formula is C12H4Cl5F3N2. The van der Waals surface area contributed by atoms with Gasteiger partial charge in [0.25, 0.3) is 0 Å². The summed E-state index contributed by atoms with van der Waals surface area (Å²) in [4.78, 5) is 3.43. The maximum absolute atomic E-state index is 13.2. The summed E-state index contributed by atoms with van der Waals surface area (Å²) in [5.41, 5.74) is 3.54. The second-order valence-corrected chi connectivity index (χ2v) is 5.95. The normalized spacial score (nSPS) is 11.8. The van der Waals surface area contributed by atoms with E-state index in [2.05, 4.69) is 4.98 Å². The second-order valence-electron chi connectivity index (χ2n) is 4.06. The molecule has 0 atom stereocenters. The van der Waals surface area contributed by atoms with Gasteiger partial charge in [-0.3, -0.25) is 0 Å². The molecule has 0 saturated heterocycles. The summed E-state index contributed by atoms with van der Waals surface area (Å²) in [6.45, 7) is 0. The van der Waals surface area contributed by atoms with Crippen molar-refractivity contribution in [1.29, 1.82) is 0 Å². The summed E-state index contributed by atoms with van der Waals surface area (Å²) in [5.74, 6) is -0.723. The molecule has 0 fully saturated rings. The van der Waals surface area contributed by atoms with Crippen LogP contribution in [0.5, 0.6) is 0 Å². The molecule has 0 saturated carbocycles. The highest BCUT2D eigenvalue weighted by Gasteiger charge is 2.38. The molecule has 2 rings (SSSR count). The second kappa shape index (κ2) is 6.13. The number of rotatable bonds is 1. The summed E-state index contributed by atoms with van der Waals surface area (Å²) in [5, 5.41) is -1.11. The van der Waals surface area contributed by atoms with Gasteiger partial charge in [-0.1, -0.05) is 58.0 Å². The predicted molar refractivity (Wildman–Crippen MR) is 84.1 cm³/mol. The van der Waals surface area contributed by atoms with E-state index in [1.807, 2.05) is 0 Å². The molecule has 2 N–H and O–H groups in total. The Balaban J connectivity index is 2.94. The number of benzene rings is 1. The van der Waals surface area contributed by atoms with Crippen LogP contribution in [0.25, 0.3) is 11.1 Å². The van der Waals surface area contributed by atoms with Gasteiger partial charge in [0.05, 0.1) is 25.1 Å². The van der Waals surface area contributed by atoms with Crippen LogP contribution in [0.15, 0.2) is 12.3 Å². The van der Waals surface area contributed by atoms with Gasteiger partial charge in [0.15, 0.2) is 0 Å². The Morgan fingerprint density at radius 1 is 0.864 bits per heavy atom. The standard InChI is InChI=1S/C12H4Cl5F3N2/c13-6-4(7(14)9(16)10(17)8(6)15)3-1-2-22-11(21)5(3)12(18,19)20/h1-2H,(H2,21,22). The summed E-state index contributed by atoms with van der Waals surface area (Å²) in [6, 6.07) is 1.06. The van der Waals surface area contributed by atoms with Gasteiger partial charge in [0.2, 0.25) is 0 Å². The lowest BCUT2D eigenvalue weighted by atomic mass is 10.00. The van der Waals surface area contributed by atoms with E-state index in [1.54, 1.807) is 0 Å². The third kappa shape index (κ3) is 2.93. The molecule has 22 heavy (non-hydrogen) atoms. The largest absolute Gasteiger partial charge is 0.420 e. The minimum absolute atomic E-state index is 0.155. The Labute approximate surface area is 147 Å². The summed E-state index contributed by atoms with van der Waals surface area (Å²) in [7, 11) is 0. The zero-order valence-electron chi connectivity index (χ0n) is 10.2. The maximum atomic E-state index is 13.2. The van der Waals surface area contributed by atoms with Crippen molar-refractivity contribution >= 4 is 63.8 Å². The van der Waals surface area contributed by atoms with Crippen LogP contribution in [-0.4, -0.2) is 4.98 Å². The van der Waals surface area contributed by atoms with E-state index in [4.69, 9.17) is 63.7 Å². The number of nitrogen functional groups attached to an aromatic ring is 1. The fourth-order valence-electron chi connectivity index (χ4n) is 1.83. The molecule has 1 aromatic heterocycles. The molecule has 1 heterocycles. The smallest absolute Gasteiger partial charge is 0.383 e. The number of anilines is 1. The van der Waals surface area contributed by atoms with Crippen molar-refractivity contribution < 1.29 is 13.2 Å². The van der Waals surface area contributed by atoms with Crippen molar-refractivity contribution in [3.63, 3.8) is 0 Å². The minimum Gasteiger partial charge on any atom is -0.383 e. The van der Waals surface area contributed by atoms with E-state index in [9.17, 15) is 13.2 Å². The first-order valence-electron chi connectivity index (χ1n) is 5.40. The van der Waals surface area contributed by atoms with Crippen molar-refractivity contribution in [3.8, 4) is 11.1 Å². The van der Waals surface area contributed by atoms with Gasteiger partial charge in [-0.25, -0.2) is 4.98 Å². The van der Waals surface area contributed by atoms with Gasteiger partial charge in [0, 0.05) is 17.3 Å². The maximum Gasteiger partial charge on any atom is 0.420 e. The Morgan fingerprint density at radius 2 is 1.32 bits per heavy atom. The van der Waals surface area contributed by atoms with Gasteiger partial charge >= 0.3 is 6.18 Å². The van der Waals surface area contributed by atoms with Crippen molar-refractivity contribution in [1.82, 2.24) is 4.98 Å². The summed E-state index contributed by atoms with van der Waals surface area (Å²) >= 11 is 29.6. The number of hydrogen-bond acceptors (Lipinski definition) is 2. The number of hydrogen-bond donors (Lipinski definition) is 1. The van der Waals surface area contributed by atoms with Crippen LogP contribution in [0, 0.1) is 0 Å². The van der Waals surface area contributed by atoms with Crippen molar-refractivity contribution in [2.45, 2.75) is 6.18 Å². The summed E-state index contributed by atoms with van der Waals surface area (Å²) in [6.07, 6.45) is -3.69. The van der Waals surface area contributed by atoms with Crippen LogP contribution in [-0.2, 0) is 6.18 Å². The molecule has 0 aliphatic rings. The van der Waals surface area contributed by atoms with Crippen molar-refractivity contribution in [2.24, 2.45) is 0 Å². The third-order valence-electron chi connectivity index (χ3n) is 2.74. The Bertz CT molecular complexity index is 732. The SMILES string of the molecule is Nc1nccc(-c2c(Cl)c(Cl)c(Cl)c(Cl)c2Cl)c1C(F)(F)F. The van der Waals surface area contributed by atoms with Gasteiger partial charge < -0.3 is 5.73 Å². The number of nitrogens with zero attached hydrogens (tertiary/aromatic N) is 1. The average Bonchev–Trinajstić information content (AvgIpc) is 2.42. The first-order valence-corrected chi connectivity index (χ1v) is 7.29. The first-order chi connectivity index (χ1) is 10.1. The van der Waals surface area contributed by atoms with Gasteiger partial charge in [-0.15, -0.1) is 0 Å². The highest BCUT2D eigenvalue weighted by atomic mass is 35.5. The molecule has 2 aromatic rings. The molecular weight excluding hydrogens is 406 g/mol. The van der Waals surface area contributed by atoms with Crippen LogP contribution < -0.4 is 5.73 Å². The van der Waals surface area contributed by atoms with E-state index in [-0.39, 0.29) is 30.7 Å². The monoisotopic (exact) mass is 408 g/mol. The van der Waals surface area contributed by atoms with E-state index in [0.717, 1.165) is 12.3 Å². The zero-order valence-corrected chi connectivity index (χ0v) is 14.0. The lowest BCUT2D eigenvalue weighted by Gasteiger charge is -2.18. The Morgan fingerprint density at radius 3 is 1.77 bits per heavy atom. The summed E-state index contributed by atoms with van der Waals surface area (Å²) < 4.78 is 39.7. The molecule has 0 spiro atoms. The Hall–Kier alpha value is -0.590. The molecule has 0 aliphatic carbocycles. The Kier molecular flexibility index (Phi) is 4.95. The predicted octanol–water partition coefficient (Wildman–Crippen LogP) is 6.62. The molecule has 0 aliphatic heterocycles. The molecule has 2 nitrogen and oxygen atoms in total.